The maximum Gasteiger partial charge on any atom is 0.309 e. The summed E-state index contributed by atoms with van der Waals surface area (Å²) in [6.45, 7) is 8.90. The van der Waals surface area contributed by atoms with Crippen molar-refractivity contribution in [3.8, 4) is 0 Å². The molecule has 0 unspecified atom stereocenters. The van der Waals surface area contributed by atoms with Crippen LogP contribution in [0.15, 0.2) is 30.3 Å². The number of hydrogen-bond acceptors (Lipinski definition) is 12. The SMILES string of the molecule is CCC(=O)O[C@@H]1CC(=O)O[C@H](C)CCN(CCCCc2ccccc2)C[C@H](O)[C@H](C)C[C@H](CC=O)[C@H]([C@@H]2O[C@H](C)[C@@H](O)[C@H](N(C)C)[C@H]2O)[C@@H]1OC. The van der Waals surface area contributed by atoms with Gasteiger partial charge in [-0.1, -0.05) is 44.2 Å². The van der Waals surface area contributed by atoms with Crippen LogP contribution < -0.4 is 0 Å². The Bertz CT molecular complexity index is 1190. The van der Waals surface area contributed by atoms with Crippen LogP contribution in [0, 0.1) is 17.8 Å². The fourth-order valence-corrected chi connectivity index (χ4v) is 7.85. The van der Waals surface area contributed by atoms with Crippen LogP contribution in [0.25, 0.3) is 0 Å². The lowest BCUT2D eigenvalue weighted by Crippen LogP contribution is -2.65. The Morgan fingerprint density at radius 2 is 1.78 bits per heavy atom. The number of methoxy groups -OCH3 is 1. The number of aldehydes is 1. The molecule has 290 valence electrons. The standard InChI is InChI=1S/C39H64N2O10/c1-8-32(44)51-31-23-33(45)49-26(3)17-20-41(19-13-12-16-28-14-10-9-11-15-28)24-30(43)25(2)22-29(18-21-42)34(38(31)48-7)39-37(47)35(40(5)6)36(46)27(4)50-39/h9-11,14-15,21,25-27,29-31,34-39,43,46-47H,8,12-13,16-20,22-24H2,1-7H3/t25-,26-,27-,29+,30+,31-,34+,35+,36-,37-,38-,39+/m1/s1. The third kappa shape index (κ3) is 12.6. The summed E-state index contributed by atoms with van der Waals surface area (Å²) in [5.41, 5.74) is 1.28. The van der Waals surface area contributed by atoms with Crippen molar-refractivity contribution < 1.29 is 48.7 Å². The Kier molecular flexibility index (Phi) is 17.9. The topological polar surface area (TPSA) is 155 Å². The lowest BCUT2D eigenvalue weighted by molar-refractivity contribution is -0.236. The molecule has 3 rings (SSSR count). The van der Waals surface area contributed by atoms with Crippen molar-refractivity contribution in [2.45, 2.75) is 134 Å². The molecule has 12 nitrogen and oxygen atoms in total. The number of carbonyl (C=O) groups is 3. The Hall–Kier alpha value is -2.45. The molecule has 0 saturated carbocycles. The first-order valence-corrected chi connectivity index (χ1v) is 18.8. The number of hydrogen-bond donors (Lipinski definition) is 3. The van der Waals surface area contributed by atoms with Gasteiger partial charge in [0.15, 0.2) is 0 Å². The maximum absolute atomic E-state index is 13.5. The van der Waals surface area contributed by atoms with Gasteiger partial charge in [-0.2, -0.15) is 0 Å². The van der Waals surface area contributed by atoms with Crippen LogP contribution in [0.5, 0.6) is 0 Å². The zero-order valence-corrected chi connectivity index (χ0v) is 31.8. The van der Waals surface area contributed by atoms with E-state index < -0.39 is 78.6 Å². The molecule has 2 aliphatic rings. The van der Waals surface area contributed by atoms with Gasteiger partial charge >= 0.3 is 11.9 Å². The second-order valence-corrected chi connectivity index (χ2v) is 14.9. The van der Waals surface area contributed by atoms with E-state index in [1.807, 2.05) is 32.0 Å². The molecule has 2 saturated heterocycles. The molecule has 0 radical (unpaired) electrons. The van der Waals surface area contributed by atoms with E-state index in [1.165, 1.54) is 12.7 Å². The number of carbonyl (C=O) groups excluding carboxylic acids is 3. The fourth-order valence-electron chi connectivity index (χ4n) is 7.85. The molecule has 2 heterocycles. The van der Waals surface area contributed by atoms with Crippen LogP contribution in [-0.2, 0) is 39.8 Å². The van der Waals surface area contributed by atoms with Gasteiger partial charge in [0.2, 0.25) is 0 Å². The second-order valence-electron chi connectivity index (χ2n) is 14.9. The van der Waals surface area contributed by atoms with E-state index in [2.05, 4.69) is 17.0 Å². The summed E-state index contributed by atoms with van der Waals surface area (Å²) in [6.07, 6.45) is -2.88. The molecule has 51 heavy (non-hydrogen) atoms. The highest BCUT2D eigenvalue weighted by molar-refractivity contribution is 5.72. The average Bonchev–Trinajstić information content (AvgIpc) is 3.09. The van der Waals surface area contributed by atoms with Gasteiger partial charge in [-0.25, -0.2) is 0 Å². The van der Waals surface area contributed by atoms with Crippen LogP contribution in [0.1, 0.15) is 78.2 Å². The number of aliphatic hydroxyl groups excluding tert-OH is 3. The zero-order valence-electron chi connectivity index (χ0n) is 31.8. The molecule has 0 bridgehead atoms. The maximum atomic E-state index is 13.5. The van der Waals surface area contributed by atoms with Crippen LogP contribution in [0.4, 0.5) is 0 Å². The molecule has 0 aliphatic carbocycles. The van der Waals surface area contributed by atoms with Crippen molar-refractivity contribution in [1.82, 2.24) is 9.80 Å². The Morgan fingerprint density at radius 3 is 2.41 bits per heavy atom. The average molecular weight is 721 g/mol. The fraction of sp³-hybridized carbons (Fsp3) is 0.769. The minimum Gasteiger partial charge on any atom is -0.463 e. The quantitative estimate of drug-likeness (QED) is 0.165. The highest BCUT2D eigenvalue weighted by atomic mass is 16.6. The lowest BCUT2D eigenvalue weighted by atomic mass is 9.71. The number of aliphatic hydroxyl groups is 3. The first kappa shape index (κ1) is 43.0. The van der Waals surface area contributed by atoms with Gasteiger partial charge in [0.1, 0.15) is 24.6 Å². The van der Waals surface area contributed by atoms with Gasteiger partial charge < -0.3 is 48.9 Å². The van der Waals surface area contributed by atoms with Crippen LogP contribution in [0.3, 0.4) is 0 Å². The van der Waals surface area contributed by atoms with E-state index in [1.54, 1.807) is 32.8 Å². The third-order valence-electron chi connectivity index (χ3n) is 10.8. The molecule has 2 fully saturated rings. The van der Waals surface area contributed by atoms with Gasteiger partial charge in [0.25, 0.3) is 0 Å². The van der Waals surface area contributed by atoms with E-state index in [0.717, 1.165) is 32.1 Å². The van der Waals surface area contributed by atoms with Crippen molar-refractivity contribution >= 4 is 18.2 Å². The van der Waals surface area contributed by atoms with Gasteiger partial charge in [-0.3, -0.25) is 9.59 Å². The lowest BCUT2D eigenvalue weighted by Gasteiger charge is -2.50. The normalized spacial score (nSPS) is 35.0. The van der Waals surface area contributed by atoms with Crippen molar-refractivity contribution in [1.29, 1.82) is 0 Å². The largest absolute Gasteiger partial charge is 0.463 e. The molecule has 2 aliphatic heterocycles. The summed E-state index contributed by atoms with van der Waals surface area (Å²) in [4.78, 5) is 42.6. The molecule has 3 N–H and O–H groups in total. The number of esters is 2. The number of aryl methyl sites for hydroxylation is 1. The third-order valence-corrected chi connectivity index (χ3v) is 10.8. The van der Waals surface area contributed by atoms with Crippen LogP contribution >= 0.6 is 0 Å². The molecule has 12 heteroatoms. The first-order valence-electron chi connectivity index (χ1n) is 18.8. The second kappa shape index (κ2) is 21.3. The molecular weight excluding hydrogens is 656 g/mol. The summed E-state index contributed by atoms with van der Waals surface area (Å²) in [7, 11) is 4.96. The van der Waals surface area contributed by atoms with E-state index in [-0.39, 0.29) is 25.2 Å². The smallest absolute Gasteiger partial charge is 0.309 e. The first-order chi connectivity index (χ1) is 24.3. The molecule has 0 amide bonds. The number of β-amino-alcohol motifs (C(OH)–C–C–N with tert-alkyl or cyclic N) is 1. The van der Waals surface area contributed by atoms with Gasteiger partial charge in [-0.05, 0) is 84.0 Å². The number of unbranched alkanes of at least 4 members (excludes halogenated alkanes) is 1. The summed E-state index contributed by atoms with van der Waals surface area (Å²) in [5, 5.41) is 34.6. The van der Waals surface area contributed by atoms with Crippen molar-refractivity contribution in [2.75, 3.05) is 40.8 Å². The summed E-state index contributed by atoms with van der Waals surface area (Å²) in [6, 6.07) is 9.62. The monoisotopic (exact) mass is 720 g/mol. The van der Waals surface area contributed by atoms with E-state index in [0.29, 0.717) is 25.9 Å². The van der Waals surface area contributed by atoms with Gasteiger partial charge in [0.05, 0.1) is 43.0 Å². The van der Waals surface area contributed by atoms with Crippen LogP contribution in [-0.4, -0.2) is 139 Å². The summed E-state index contributed by atoms with van der Waals surface area (Å²) < 4.78 is 24.2. The Morgan fingerprint density at radius 1 is 1.08 bits per heavy atom. The van der Waals surface area contributed by atoms with Crippen molar-refractivity contribution in [3.05, 3.63) is 35.9 Å². The molecule has 1 aromatic rings. The van der Waals surface area contributed by atoms with Gasteiger partial charge in [-0.15, -0.1) is 0 Å². The minimum atomic E-state index is -1.23. The van der Waals surface area contributed by atoms with Crippen LogP contribution in [0.2, 0.25) is 0 Å². The molecule has 1 aromatic carbocycles. The van der Waals surface area contributed by atoms with Crippen molar-refractivity contribution in [3.63, 3.8) is 0 Å². The van der Waals surface area contributed by atoms with E-state index in [9.17, 15) is 29.7 Å². The number of likely N-dealkylation sites (N-methyl/N-ethyl adjacent to an activating group) is 1. The molecule has 0 aromatic heterocycles. The Balaban J connectivity index is 2.01. The van der Waals surface area contributed by atoms with E-state index in [4.69, 9.17) is 18.9 Å². The molecule has 0 spiro atoms. The molecule has 12 atom stereocenters. The molecular formula is C39H64N2O10. The number of rotatable bonds is 12. The predicted octanol–water partition coefficient (Wildman–Crippen LogP) is 3.02. The number of cyclic esters (lactones) is 1. The Labute approximate surface area is 304 Å². The number of nitrogens with zero attached hydrogens (tertiary/aromatic N) is 2. The van der Waals surface area contributed by atoms with Crippen molar-refractivity contribution in [2.24, 2.45) is 17.8 Å². The highest BCUT2D eigenvalue weighted by Gasteiger charge is 2.52. The number of ether oxygens (including phenoxy) is 4. The minimum absolute atomic E-state index is 0.0385. The predicted molar refractivity (Wildman–Crippen MR) is 193 cm³/mol. The summed E-state index contributed by atoms with van der Waals surface area (Å²) in [5.74, 6) is -2.71. The van der Waals surface area contributed by atoms with Gasteiger partial charge in [0, 0.05) is 39.0 Å². The van der Waals surface area contributed by atoms with E-state index >= 15 is 0 Å². The summed E-state index contributed by atoms with van der Waals surface area (Å²) >= 11 is 0. The number of benzene rings is 1. The zero-order chi connectivity index (χ0) is 37.7. The highest BCUT2D eigenvalue weighted by Crippen LogP contribution is 2.40.